The Morgan fingerprint density at radius 3 is 2.47 bits per heavy atom. The molecular weight excluding hydrogens is 234 g/mol. The number of nitrogens with zero attached hydrogens (tertiary/aromatic N) is 1. The SMILES string of the molecule is Cc1cccc(C(=NC2CCCCCC2)NN)c1C. The number of nitrogens with two attached hydrogens (primary N) is 1. The second kappa shape index (κ2) is 6.71. The number of benzene rings is 1. The Hall–Kier alpha value is -1.35. The van der Waals surface area contributed by atoms with E-state index in [1.165, 1.54) is 49.7 Å². The molecule has 19 heavy (non-hydrogen) atoms. The molecule has 1 aliphatic carbocycles. The van der Waals surface area contributed by atoms with Gasteiger partial charge in [0.1, 0.15) is 5.84 Å². The lowest BCUT2D eigenvalue weighted by Gasteiger charge is -2.15. The third kappa shape index (κ3) is 3.57. The van der Waals surface area contributed by atoms with Crippen LogP contribution in [0.4, 0.5) is 0 Å². The van der Waals surface area contributed by atoms with Gasteiger partial charge in [0.2, 0.25) is 0 Å². The molecule has 1 fully saturated rings. The molecular formula is C16H25N3. The Bertz CT molecular complexity index is 443. The van der Waals surface area contributed by atoms with Crippen LogP contribution in [0.25, 0.3) is 0 Å². The summed E-state index contributed by atoms with van der Waals surface area (Å²) in [6, 6.07) is 6.71. The lowest BCUT2D eigenvalue weighted by Crippen LogP contribution is -2.33. The standard InChI is InChI=1S/C16H25N3/c1-12-8-7-11-15(13(12)2)16(19-17)18-14-9-5-3-4-6-10-14/h7-8,11,14H,3-6,9-10,17H2,1-2H3,(H,18,19). The van der Waals surface area contributed by atoms with Gasteiger partial charge >= 0.3 is 0 Å². The van der Waals surface area contributed by atoms with Crippen LogP contribution in [-0.4, -0.2) is 11.9 Å². The summed E-state index contributed by atoms with van der Waals surface area (Å²) in [7, 11) is 0. The summed E-state index contributed by atoms with van der Waals surface area (Å²) in [5, 5.41) is 0. The van der Waals surface area contributed by atoms with Gasteiger partial charge in [-0.05, 0) is 37.8 Å². The zero-order valence-corrected chi connectivity index (χ0v) is 12.1. The maximum Gasteiger partial charge on any atom is 0.143 e. The number of amidine groups is 1. The first-order valence-corrected chi connectivity index (χ1v) is 7.33. The summed E-state index contributed by atoms with van der Waals surface area (Å²) in [5.74, 6) is 6.54. The van der Waals surface area contributed by atoms with Crippen LogP contribution in [0, 0.1) is 13.8 Å². The minimum absolute atomic E-state index is 0.425. The topological polar surface area (TPSA) is 50.4 Å². The lowest BCUT2D eigenvalue weighted by atomic mass is 10.0. The number of rotatable bonds is 2. The molecule has 0 heterocycles. The molecule has 1 saturated carbocycles. The van der Waals surface area contributed by atoms with Gasteiger partial charge in [-0.1, -0.05) is 43.9 Å². The Morgan fingerprint density at radius 1 is 1.16 bits per heavy atom. The second-order valence-electron chi connectivity index (χ2n) is 5.51. The molecule has 0 spiro atoms. The van der Waals surface area contributed by atoms with Crippen LogP contribution in [0.1, 0.15) is 55.2 Å². The van der Waals surface area contributed by atoms with Crippen LogP contribution >= 0.6 is 0 Å². The minimum Gasteiger partial charge on any atom is -0.308 e. The first-order chi connectivity index (χ1) is 9.22. The zero-order valence-electron chi connectivity index (χ0n) is 12.1. The smallest absolute Gasteiger partial charge is 0.143 e. The van der Waals surface area contributed by atoms with Crippen molar-refractivity contribution in [2.75, 3.05) is 0 Å². The molecule has 1 aliphatic rings. The van der Waals surface area contributed by atoms with Crippen molar-refractivity contribution >= 4 is 5.84 Å². The Labute approximate surface area is 116 Å². The van der Waals surface area contributed by atoms with Crippen molar-refractivity contribution in [1.82, 2.24) is 5.43 Å². The van der Waals surface area contributed by atoms with E-state index in [0.29, 0.717) is 6.04 Å². The maximum atomic E-state index is 5.70. The molecule has 3 heteroatoms. The molecule has 1 aromatic carbocycles. The van der Waals surface area contributed by atoms with Crippen molar-refractivity contribution < 1.29 is 0 Å². The first-order valence-electron chi connectivity index (χ1n) is 7.33. The van der Waals surface area contributed by atoms with E-state index in [1.807, 2.05) is 0 Å². The fourth-order valence-corrected chi connectivity index (χ4v) is 2.76. The van der Waals surface area contributed by atoms with Gasteiger partial charge in [0.15, 0.2) is 0 Å². The fourth-order valence-electron chi connectivity index (χ4n) is 2.76. The van der Waals surface area contributed by atoms with Gasteiger partial charge in [-0.2, -0.15) is 0 Å². The predicted molar refractivity (Wildman–Crippen MR) is 81.3 cm³/mol. The van der Waals surface area contributed by atoms with Gasteiger partial charge in [0.05, 0.1) is 6.04 Å². The highest BCUT2D eigenvalue weighted by Gasteiger charge is 2.14. The number of nitrogens with one attached hydrogen (secondary N) is 1. The van der Waals surface area contributed by atoms with E-state index in [0.717, 1.165) is 11.4 Å². The molecule has 104 valence electrons. The normalized spacial score (nSPS) is 18.2. The third-order valence-electron chi connectivity index (χ3n) is 4.13. The van der Waals surface area contributed by atoms with Gasteiger partial charge in [0.25, 0.3) is 0 Å². The fraction of sp³-hybridized carbons (Fsp3) is 0.562. The van der Waals surface area contributed by atoms with E-state index in [1.54, 1.807) is 0 Å². The predicted octanol–water partition coefficient (Wildman–Crippen LogP) is 3.24. The summed E-state index contributed by atoms with van der Waals surface area (Å²) >= 11 is 0. The van der Waals surface area contributed by atoms with Crippen molar-refractivity contribution in [2.45, 2.75) is 58.4 Å². The Balaban J connectivity index is 2.25. The molecule has 0 bridgehead atoms. The summed E-state index contributed by atoms with van der Waals surface area (Å²) in [6.07, 6.45) is 7.66. The van der Waals surface area contributed by atoms with Crippen LogP contribution in [0.5, 0.6) is 0 Å². The number of aliphatic imine (C=N–C) groups is 1. The van der Waals surface area contributed by atoms with Crippen LogP contribution in [0.15, 0.2) is 23.2 Å². The van der Waals surface area contributed by atoms with Crippen LogP contribution < -0.4 is 11.3 Å². The summed E-state index contributed by atoms with van der Waals surface area (Å²) in [5.41, 5.74) is 6.47. The van der Waals surface area contributed by atoms with Crippen molar-refractivity contribution in [2.24, 2.45) is 10.8 Å². The Kier molecular flexibility index (Phi) is 4.97. The first kappa shape index (κ1) is 14.1. The van der Waals surface area contributed by atoms with Crippen molar-refractivity contribution in [1.29, 1.82) is 0 Å². The van der Waals surface area contributed by atoms with E-state index in [4.69, 9.17) is 10.8 Å². The number of hydrazine groups is 1. The summed E-state index contributed by atoms with van der Waals surface area (Å²) in [4.78, 5) is 4.87. The number of hydrogen-bond donors (Lipinski definition) is 2. The maximum absolute atomic E-state index is 5.70. The number of hydrogen-bond acceptors (Lipinski definition) is 2. The van der Waals surface area contributed by atoms with Crippen LogP contribution in [-0.2, 0) is 0 Å². The van der Waals surface area contributed by atoms with Gasteiger partial charge < -0.3 is 5.43 Å². The van der Waals surface area contributed by atoms with Crippen molar-refractivity contribution in [3.05, 3.63) is 34.9 Å². The molecule has 0 atom stereocenters. The highest BCUT2D eigenvalue weighted by atomic mass is 15.3. The largest absolute Gasteiger partial charge is 0.308 e. The average molecular weight is 259 g/mol. The zero-order chi connectivity index (χ0) is 13.7. The van der Waals surface area contributed by atoms with E-state index in [9.17, 15) is 0 Å². The molecule has 3 N–H and O–H groups in total. The third-order valence-corrected chi connectivity index (χ3v) is 4.13. The second-order valence-corrected chi connectivity index (χ2v) is 5.51. The average Bonchev–Trinajstić information content (AvgIpc) is 2.68. The van der Waals surface area contributed by atoms with E-state index in [2.05, 4.69) is 37.5 Å². The van der Waals surface area contributed by atoms with Gasteiger partial charge in [-0.25, -0.2) is 5.84 Å². The van der Waals surface area contributed by atoms with Crippen LogP contribution in [0.3, 0.4) is 0 Å². The molecule has 0 radical (unpaired) electrons. The summed E-state index contributed by atoms with van der Waals surface area (Å²) in [6.45, 7) is 4.25. The molecule has 2 rings (SSSR count). The minimum atomic E-state index is 0.425. The Morgan fingerprint density at radius 2 is 1.84 bits per heavy atom. The summed E-state index contributed by atoms with van der Waals surface area (Å²) < 4.78 is 0. The highest BCUT2D eigenvalue weighted by molar-refractivity contribution is 6.00. The van der Waals surface area contributed by atoms with Crippen molar-refractivity contribution in [3.8, 4) is 0 Å². The molecule has 0 aliphatic heterocycles. The van der Waals surface area contributed by atoms with Crippen LogP contribution in [0.2, 0.25) is 0 Å². The van der Waals surface area contributed by atoms with Gasteiger partial charge in [-0.3, -0.25) is 4.99 Å². The monoisotopic (exact) mass is 259 g/mol. The highest BCUT2D eigenvalue weighted by Crippen LogP contribution is 2.21. The molecule has 0 unspecified atom stereocenters. The van der Waals surface area contributed by atoms with Gasteiger partial charge in [0, 0.05) is 5.56 Å². The van der Waals surface area contributed by atoms with E-state index < -0.39 is 0 Å². The molecule has 3 nitrogen and oxygen atoms in total. The lowest BCUT2D eigenvalue weighted by molar-refractivity contribution is 0.583. The number of aryl methyl sites for hydroxylation is 1. The molecule has 0 aromatic heterocycles. The molecule has 0 saturated heterocycles. The van der Waals surface area contributed by atoms with Gasteiger partial charge in [-0.15, -0.1) is 0 Å². The van der Waals surface area contributed by atoms with Crippen molar-refractivity contribution in [3.63, 3.8) is 0 Å². The quantitative estimate of drug-likeness (QED) is 0.282. The molecule has 0 amide bonds. The van der Waals surface area contributed by atoms with E-state index >= 15 is 0 Å². The molecule has 1 aromatic rings. The van der Waals surface area contributed by atoms with E-state index in [-0.39, 0.29) is 0 Å².